The van der Waals surface area contributed by atoms with Gasteiger partial charge in [-0.25, -0.2) is 0 Å². The van der Waals surface area contributed by atoms with Gasteiger partial charge >= 0.3 is 0 Å². The molecular formula is C25H36N4O2. The zero-order chi connectivity index (χ0) is 21.0. The number of hydrogen-bond donors (Lipinski definition) is 1. The van der Waals surface area contributed by atoms with Crippen molar-refractivity contribution in [2.75, 3.05) is 52.4 Å². The van der Waals surface area contributed by atoms with Gasteiger partial charge in [0.2, 0.25) is 5.88 Å². The summed E-state index contributed by atoms with van der Waals surface area (Å²) in [5.74, 6) is 1.33. The highest BCUT2D eigenvalue weighted by Gasteiger charge is 2.27. The minimum atomic E-state index is 0.0133. The molecule has 31 heavy (non-hydrogen) atoms. The molecule has 1 amide bonds. The number of likely N-dealkylation sites (tertiary alicyclic amines) is 2. The fourth-order valence-corrected chi connectivity index (χ4v) is 5.47. The molecule has 6 nitrogen and oxygen atoms in total. The van der Waals surface area contributed by atoms with Gasteiger partial charge in [0, 0.05) is 31.6 Å². The summed E-state index contributed by atoms with van der Waals surface area (Å²) in [6.45, 7) is 9.65. The van der Waals surface area contributed by atoms with Crippen LogP contribution in [0.3, 0.4) is 0 Å². The first-order chi connectivity index (χ1) is 15.3. The highest BCUT2D eigenvalue weighted by molar-refractivity contribution is 6.09. The molecule has 2 saturated heterocycles. The molecule has 1 aromatic heterocycles. The summed E-state index contributed by atoms with van der Waals surface area (Å²) in [6, 6.07) is 8.17. The lowest BCUT2D eigenvalue weighted by molar-refractivity contribution is 0.0928. The summed E-state index contributed by atoms with van der Waals surface area (Å²) in [5, 5.41) is 4.24. The van der Waals surface area contributed by atoms with Crippen LogP contribution in [-0.2, 0) is 6.54 Å². The molecular weight excluding hydrogens is 388 g/mol. The molecule has 0 unspecified atom stereocenters. The number of fused-ring (bicyclic) bond motifs is 3. The maximum Gasteiger partial charge on any atom is 0.257 e. The van der Waals surface area contributed by atoms with Gasteiger partial charge in [0.25, 0.3) is 5.91 Å². The van der Waals surface area contributed by atoms with Crippen LogP contribution in [0.2, 0.25) is 0 Å². The molecule has 5 rings (SSSR count). The number of carbonyl (C=O) groups is 1. The van der Waals surface area contributed by atoms with E-state index in [0.29, 0.717) is 18.1 Å². The highest BCUT2D eigenvalue weighted by atomic mass is 16.5. The predicted molar refractivity (Wildman–Crippen MR) is 124 cm³/mol. The standard InChI is InChI=1S/C25H36N4O2/c30-24(23-21-7-2-3-8-22(21)29-13-6-18-31-25(23)29)26-19-20-9-14-28(15-10-20)17-16-27-11-4-1-5-12-27/h2-3,7-8,20H,1,4-6,9-19H2,(H,26,30). The minimum Gasteiger partial charge on any atom is -0.478 e. The van der Waals surface area contributed by atoms with Gasteiger partial charge in [0.1, 0.15) is 5.56 Å². The second-order valence-electron chi connectivity index (χ2n) is 9.45. The van der Waals surface area contributed by atoms with Gasteiger partial charge in [-0.1, -0.05) is 24.6 Å². The normalized spacial score (nSPS) is 21.0. The van der Waals surface area contributed by atoms with E-state index in [-0.39, 0.29) is 5.91 Å². The van der Waals surface area contributed by atoms with Crippen LogP contribution in [0.25, 0.3) is 10.9 Å². The monoisotopic (exact) mass is 424 g/mol. The third-order valence-corrected chi connectivity index (χ3v) is 7.35. The van der Waals surface area contributed by atoms with Crippen molar-refractivity contribution in [1.29, 1.82) is 0 Å². The lowest BCUT2D eigenvalue weighted by Gasteiger charge is -2.34. The van der Waals surface area contributed by atoms with Crippen LogP contribution >= 0.6 is 0 Å². The SMILES string of the molecule is O=C(NCC1CCN(CCN2CCCCC2)CC1)c1c2n(c3ccccc13)CCCO2. The number of amides is 1. The first kappa shape index (κ1) is 20.8. The third-order valence-electron chi connectivity index (χ3n) is 7.35. The van der Waals surface area contributed by atoms with Gasteiger partial charge in [-0.3, -0.25) is 4.79 Å². The zero-order valence-corrected chi connectivity index (χ0v) is 18.7. The average Bonchev–Trinajstić information content (AvgIpc) is 3.17. The number of aryl methyl sites for hydroxylation is 1. The molecule has 0 bridgehead atoms. The van der Waals surface area contributed by atoms with Gasteiger partial charge in [-0.2, -0.15) is 0 Å². The molecule has 2 aromatic rings. The van der Waals surface area contributed by atoms with Crippen molar-refractivity contribution in [2.45, 2.75) is 45.1 Å². The van der Waals surface area contributed by atoms with Crippen molar-refractivity contribution in [3.05, 3.63) is 29.8 Å². The number of para-hydroxylation sites is 1. The van der Waals surface area contributed by atoms with E-state index in [1.807, 2.05) is 18.2 Å². The van der Waals surface area contributed by atoms with Gasteiger partial charge in [-0.15, -0.1) is 0 Å². The van der Waals surface area contributed by atoms with Gasteiger partial charge < -0.3 is 24.4 Å². The van der Waals surface area contributed by atoms with Gasteiger partial charge in [0.05, 0.1) is 12.1 Å². The first-order valence-electron chi connectivity index (χ1n) is 12.3. The molecule has 3 aliphatic heterocycles. The summed E-state index contributed by atoms with van der Waals surface area (Å²) < 4.78 is 8.10. The molecule has 0 spiro atoms. The van der Waals surface area contributed by atoms with Crippen molar-refractivity contribution in [2.24, 2.45) is 5.92 Å². The van der Waals surface area contributed by atoms with Crippen LogP contribution in [0.4, 0.5) is 0 Å². The Bertz CT molecular complexity index is 894. The second-order valence-corrected chi connectivity index (χ2v) is 9.45. The van der Waals surface area contributed by atoms with E-state index < -0.39 is 0 Å². The number of nitrogens with one attached hydrogen (secondary N) is 1. The molecule has 4 heterocycles. The largest absolute Gasteiger partial charge is 0.478 e. The first-order valence-corrected chi connectivity index (χ1v) is 12.3. The number of piperidine rings is 2. The summed E-state index contributed by atoms with van der Waals surface area (Å²) in [4.78, 5) is 18.4. The summed E-state index contributed by atoms with van der Waals surface area (Å²) >= 11 is 0. The maximum absolute atomic E-state index is 13.2. The number of hydrogen-bond acceptors (Lipinski definition) is 4. The number of carbonyl (C=O) groups excluding carboxylic acids is 1. The molecule has 1 aromatic carbocycles. The summed E-state index contributed by atoms with van der Waals surface area (Å²) in [5.41, 5.74) is 1.82. The smallest absolute Gasteiger partial charge is 0.257 e. The number of nitrogens with zero attached hydrogens (tertiary/aromatic N) is 3. The van der Waals surface area contributed by atoms with Crippen LogP contribution in [0.5, 0.6) is 5.88 Å². The Morgan fingerprint density at radius 2 is 1.68 bits per heavy atom. The van der Waals surface area contributed by atoms with E-state index in [0.717, 1.165) is 49.4 Å². The van der Waals surface area contributed by atoms with E-state index in [9.17, 15) is 4.79 Å². The fourth-order valence-electron chi connectivity index (χ4n) is 5.47. The Hall–Kier alpha value is -2.05. The zero-order valence-electron chi connectivity index (χ0n) is 18.7. The molecule has 0 aliphatic carbocycles. The molecule has 0 saturated carbocycles. The van der Waals surface area contributed by atoms with E-state index in [2.05, 4.69) is 25.8 Å². The van der Waals surface area contributed by atoms with E-state index in [1.165, 1.54) is 58.3 Å². The average molecular weight is 425 g/mol. The predicted octanol–water partition coefficient (Wildman–Crippen LogP) is 3.35. The molecule has 3 aliphatic rings. The Balaban J connectivity index is 1.13. The van der Waals surface area contributed by atoms with Crippen molar-refractivity contribution >= 4 is 16.8 Å². The number of ether oxygens (including phenoxy) is 1. The van der Waals surface area contributed by atoms with Crippen LogP contribution in [-0.4, -0.2) is 72.7 Å². The Kier molecular flexibility index (Phi) is 6.46. The van der Waals surface area contributed by atoms with Crippen LogP contribution < -0.4 is 10.1 Å². The van der Waals surface area contributed by atoms with E-state index in [1.54, 1.807) is 0 Å². The Morgan fingerprint density at radius 3 is 2.48 bits per heavy atom. The minimum absolute atomic E-state index is 0.0133. The lowest BCUT2D eigenvalue weighted by atomic mass is 9.96. The van der Waals surface area contributed by atoms with Crippen LogP contribution in [0.15, 0.2) is 24.3 Å². The molecule has 2 fully saturated rings. The molecule has 6 heteroatoms. The maximum atomic E-state index is 13.2. The van der Waals surface area contributed by atoms with E-state index >= 15 is 0 Å². The molecule has 0 radical (unpaired) electrons. The van der Waals surface area contributed by atoms with Crippen molar-refractivity contribution in [1.82, 2.24) is 19.7 Å². The quantitative estimate of drug-likeness (QED) is 0.773. The summed E-state index contributed by atoms with van der Waals surface area (Å²) in [7, 11) is 0. The van der Waals surface area contributed by atoms with Crippen molar-refractivity contribution < 1.29 is 9.53 Å². The molecule has 168 valence electrons. The Labute approximate surface area is 185 Å². The number of rotatable bonds is 6. The summed E-state index contributed by atoms with van der Waals surface area (Å²) in [6.07, 6.45) is 7.47. The molecule has 1 N–H and O–H groups in total. The lowest BCUT2D eigenvalue weighted by Crippen LogP contribution is -2.43. The second kappa shape index (κ2) is 9.61. The van der Waals surface area contributed by atoms with Gasteiger partial charge in [0.15, 0.2) is 0 Å². The van der Waals surface area contributed by atoms with Gasteiger partial charge in [-0.05, 0) is 70.3 Å². The van der Waals surface area contributed by atoms with Crippen molar-refractivity contribution in [3.63, 3.8) is 0 Å². The van der Waals surface area contributed by atoms with E-state index in [4.69, 9.17) is 4.74 Å². The van der Waals surface area contributed by atoms with Crippen LogP contribution in [0.1, 0.15) is 48.9 Å². The topological polar surface area (TPSA) is 49.7 Å². The number of aromatic nitrogens is 1. The fraction of sp³-hybridized carbons (Fsp3) is 0.640. The Morgan fingerprint density at radius 1 is 0.935 bits per heavy atom. The van der Waals surface area contributed by atoms with Crippen LogP contribution in [0, 0.1) is 5.92 Å². The number of benzene rings is 1. The highest BCUT2D eigenvalue weighted by Crippen LogP contribution is 2.34. The third kappa shape index (κ3) is 4.60. The van der Waals surface area contributed by atoms with Crippen molar-refractivity contribution in [3.8, 4) is 5.88 Å². The molecule has 0 atom stereocenters.